The Morgan fingerprint density at radius 1 is 1.33 bits per heavy atom. The summed E-state index contributed by atoms with van der Waals surface area (Å²) in [6.45, 7) is 6.24. The summed E-state index contributed by atoms with van der Waals surface area (Å²) in [6.07, 6.45) is 3.66. The van der Waals surface area contributed by atoms with Gasteiger partial charge in [-0.05, 0) is 43.9 Å². The van der Waals surface area contributed by atoms with Crippen LogP contribution in [-0.4, -0.2) is 27.5 Å². The van der Waals surface area contributed by atoms with Gasteiger partial charge in [-0.1, -0.05) is 26.0 Å². The Balaban J connectivity index is 1.68. The fraction of sp³-hybridized carbons (Fsp3) is 0.474. The number of aromatic amines is 1. The van der Waals surface area contributed by atoms with E-state index in [4.69, 9.17) is 9.40 Å². The Labute approximate surface area is 140 Å². The number of hydrogen-bond acceptors (Lipinski definition) is 4. The number of fused-ring (bicyclic) bond motifs is 3. The number of aromatic nitrogens is 2. The van der Waals surface area contributed by atoms with Crippen LogP contribution in [0.15, 0.2) is 33.5 Å². The first-order valence-corrected chi connectivity index (χ1v) is 8.76. The van der Waals surface area contributed by atoms with Crippen molar-refractivity contribution in [2.75, 3.05) is 6.54 Å². The lowest BCUT2D eigenvalue weighted by molar-refractivity contribution is 0.234. The molecule has 24 heavy (non-hydrogen) atoms. The average molecular weight is 325 g/mol. The third kappa shape index (κ3) is 2.96. The monoisotopic (exact) mass is 325 g/mol. The van der Waals surface area contributed by atoms with Crippen LogP contribution in [0.4, 0.5) is 0 Å². The molecular weight excluding hydrogens is 302 g/mol. The maximum atomic E-state index is 12.4. The van der Waals surface area contributed by atoms with E-state index >= 15 is 0 Å². The van der Waals surface area contributed by atoms with Crippen LogP contribution in [-0.2, 0) is 6.54 Å². The van der Waals surface area contributed by atoms with E-state index in [0.29, 0.717) is 35.2 Å². The normalized spacial score (nSPS) is 15.2. The number of H-pyrrole nitrogens is 1. The number of para-hydroxylation sites is 1. The first-order valence-electron chi connectivity index (χ1n) is 8.76. The fourth-order valence-electron chi connectivity index (χ4n) is 3.17. The second-order valence-electron chi connectivity index (χ2n) is 7.17. The molecule has 1 aliphatic carbocycles. The van der Waals surface area contributed by atoms with E-state index in [9.17, 15) is 4.79 Å². The largest absolute Gasteiger partial charge is 0.449 e. The summed E-state index contributed by atoms with van der Waals surface area (Å²) in [5.41, 5.74) is 1.51. The molecule has 2 aromatic heterocycles. The molecule has 0 radical (unpaired) electrons. The van der Waals surface area contributed by atoms with Gasteiger partial charge in [0.25, 0.3) is 5.56 Å². The Morgan fingerprint density at radius 2 is 2.12 bits per heavy atom. The number of hydrogen-bond donors (Lipinski definition) is 1. The van der Waals surface area contributed by atoms with Crippen LogP contribution in [0.3, 0.4) is 0 Å². The number of rotatable bonds is 6. The van der Waals surface area contributed by atoms with Crippen LogP contribution in [0.1, 0.15) is 38.9 Å². The first-order chi connectivity index (χ1) is 11.6. The molecule has 1 aromatic carbocycles. The molecular formula is C19H23N3O2. The molecule has 0 amide bonds. The van der Waals surface area contributed by atoms with Crippen molar-refractivity contribution >= 4 is 22.1 Å². The molecule has 0 saturated heterocycles. The summed E-state index contributed by atoms with van der Waals surface area (Å²) in [5, 5.41) is 0.903. The van der Waals surface area contributed by atoms with Crippen molar-refractivity contribution in [3.63, 3.8) is 0 Å². The summed E-state index contributed by atoms with van der Waals surface area (Å²) < 4.78 is 5.66. The number of nitrogens with one attached hydrogen (secondary N) is 1. The molecule has 5 heteroatoms. The van der Waals surface area contributed by atoms with Crippen molar-refractivity contribution in [1.29, 1.82) is 0 Å². The van der Waals surface area contributed by atoms with E-state index in [-0.39, 0.29) is 5.56 Å². The number of nitrogens with zero attached hydrogens (tertiary/aromatic N) is 2. The topological polar surface area (TPSA) is 62.1 Å². The molecule has 126 valence electrons. The highest BCUT2D eigenvalue weighted by molar-refractivity contribution is 6.01. The van der Waals surface area contributed by atoms with Gasteiger partial charge in [0.1, 0.15) is 16.9 Å². The van der Waals surface area contributed by atoms with Crippen LogP contribution in [0.25, 0.3) is 22.1 Å². The molecule has 0 bridgehead atoms. The molecule has 5 nitrogen and oxygen atoms in total. The van der Waals surface area contributed by atoms with E-state index in [1.54, 1.807) is 0 Å². The van der Waals surface area contributed by atoms with Crippen molar-refractivity contribution in [2.24, 2.45) is 5.92 Å². The van der Waals surface area contributed by atoms with Gasteiger partial charge in [0, 0.05) is 11.4 Å². The summed E-state index contributed by atoms with van der Waals surface area (Å²) in [6, 6.07) is 8.31. The van der Waals surface area contributed by atoms with Gasteiger partial charge in [-0.25, -0.2) is 4.98 Å². The van der Waals surface area contributed by atoms with Gasteiger partial charge in [-0.15, -0.1) is 0 Å². The minimum Gasteiger partial charge on any atom is -0.449 e. The highest BCUT2D eigenvalue weighted by Gasteiger charge is 2.29. The van der Waals surface area contributed by atoms with Crippen molar-refractivity contribution in [3.05, 3.63) is 40.4 Å². The summed E-state index contributed by atoms with van der Waals surface area (Å²) in [4.78, 5) is 22.5. The fourth-order valence-corrected chi connectivity index (χ4v) is 3.17. The Morgan fingerprint density at radius 3 is 2.88 bits per heavy atom. The van der Waals surface area contributed by atoms with Crippen LogP contribution >= 0.6 is 0 Å². The third-order valence-corrected chi connectivity index (χ3v) is 4.69. The smallest absolute Gasteiger partial charge is 0.294 e. The second-order valence-corrected chi connectivity index (χ2v) is 7.17. The molecule has 3 aromatic rings. The lowest BCUT2D eigenvalue weighted by Crippen LogP contribution is -2.29. The lowest BCUT2D eigenvalue weighted by Gasteiger charge is -2.22. The van der Waals surface area contributed by atoms with Crippen LogP contribution in [0, 0.1) is 5.92 Å². The molecule has 2 heterocycles. The SMILES string of the molecule is CC(C)CCN(Cc1nc2c(oc3ccccc32)c(=O)[nH]1)C1CC1. The van der Waals surface area contributed by atoms with Crippen LogP contribution in [0.5, 0.6) is 0 Å². The summed E-state index contributed by atoms with van der Waals surface area (Å²) in [5.74, 6) is 1.41. The van der Waals surface area contributed by atoms with Gasteiger partial charge >= 0.3 is 0 Å². The molecule has 0 aliphatic heterocycles. The van der Waals surface area contributed by atoms with E-state index in [2.05, 4.69) is 23.7 Å². The maximum absolute atomic E-state index is 12.4. The van der Waals surface area contributed by atoms with Gasteiger partial charge in [-0.3, -0.25) is 9.69 Å². The summed E-state index contributed by atoms with van der Waals surface area (Å²) >= 11 is 0. The van der Waals surface area contributed by atoms with E-state index in [0.717, 1.165) is 24.2 Å². The van der Waals surface area contributed by atoms with E-state index in [1.165, 1.54) is 12.8 Å². The van der Waals surface area contributed by atoms with Gasteiger partial charge in [0.2, 0.25) is 5.58 Å². The predicted molar refractivity (Wildman–Crippen MR) is 95.0 cm³/mol. The summed E-state index contributed by atoms with van der Waals surface area (Å²) in [7, 11) is 0. The highest BCUT2D eigenvalue weighted by Crippen LogP contribution is 2.29. The third-order valence-electron chi connectivity index (χ3n) is 4.69. The van der Waals surface area contributed by atoms with Crippen molar-refractivity contribution in [3.8, 4) is 0 Å². The van der Waals surface area contributed by atoms with Crippen LogP contribution in [0.2, 0.25) is 0 Å². The maximum Gasteiger partial charge on any atom is 0.294 e. The first kappa shape index (κ1) is 15.4. The molecule has 1 saturated carbocycles. The highest BCUT2D eigenvalue weighted by atomic mass is 16.3. The van der Waals surface area contributed by atoms with E-state index < -0.39 is 0 Å². The minimum atomic E-state index is -0.189. The Kier molecular flexibility index (Phi) is 3.88. The van der Waals surface area contributed by atoms with Gasteiger partial charge in [-0.2, -0.15) is 0 Å². The molecule has 1 aliphatic rings. The zero-order chi connectivity index (χ0) is 16.7. The lowest BCUT2D eigenvalue weighted by atomic mass is 10.1. The average Bonchev–Trinajstić information content (AvgIpc) is 3.33. The number of furan rings is 1. The number of benzene rings is 1. The molecule has 0 unspecified atom stereocenters. The van der Waals surface area contributed by atoms with Gasteiger partial charge in [0.15, 0.2) is 0 Å². The Bertz CT molecular complexity index is 921. The predicted octanol–water partition coefficient (Wildman–Crippen LogP) is 3.68. The molecule has 0 atom stereocenters. The second kappa shape index (κ2) is 6.06. The zero-order valence-corrected chi connectivity index (χ0v) is 14.2. The molecule has 4 rings (SSSR count). The standard InChI is InChI=1S/C19H23N3O2/c1-12(2)9-10-22(13-7-8-13)11-16-20-17-14-5-3-4-6-15(14)24-18(17)19(23)21-16/h3-6,12-13H,7-11H2,1-2H3,(H,20,21,23). The van der Waals surface area contributed by atoms with Crippen LogP contribution < -0.4 is 5.56 Å². The van der Waals surface area contributed by atoms with Gasteiger partial charge < -0.3 is 9.40 Å². The van der Waals surface area contributed by atoms with Crippen molar-refractivity contribution in [1.82, 2.24) is 14.9 Å². The molecule has 1 N–H and O–H groups in total. The van der Waals surface area contributed by atoms with Crippen molar-refractivity contribution < 1.29 is 4.42 Å². The molecule has 1 fully saturated rings. The van der Waals surface area contributed by atoms with Gasteiger partial charge in [0.05, 0.1) is 6.54 Å². The van der Waals surface area contributed by atoms with E-state index in [1.807, 2.05) is 24.3 Å². The zero-order valence-electron chi connectivity index (χ0n) is 14.2. The quantitative estimate of drug-likeness (QED) is 0.751. The molecule has 0 spiro atoms. The Hall–Kier alpha value is -2.14. The van der Waals surface area contributed by atoms with Crippen molar-refractivity contribution in [2.45, 2.75) is 45.7 Å². The minimum absolute atomic E-state index is 0.189.